The van der Waals surface area contributed by atoms with Crippen LogP contribution >= 0.6 is 0 Å². The van der Waals surface area contributed by atoms with Crippen LogP contribution in [0.4, 0.5) is 6.01 Å². The zero-order chi connectivity index (χ0) is 10.7. The van der Waals surface area contributed by atoms with Gasteiger partial charge in [-0.1, -0.05) is 12.8 Å². The van der Waals surface area contributed by atoms with E-state index in [1.165, 1.54) is 25.7 Å². The average Bonchev–Trinajstić information content (AvgIpc) is 2.86. The highest BCUT2D eigenvalue weighted by Crippen LogP contribution is 2.26. The highest BCUT2D eigenvalue weighted by Gasteiger charge is 2.18. The van der Waals surface area contributed by atoms with Gasteiger partial charge in [0, 0.05) is 20.1 Å². The molecule has 4 nitrogen and oxygen atoms in total. The first-order valence-electron chi connectivity index (χ1n) is 5.65. The number of aromatic nitrogens is 1. The van der Waals surface area contributed by atoms with Gasteiger partial charge in [-0.05, 0) is 18.8 Å². The van der Waals surface area contributed by atoms with Crippen LogP contribution in [-0.4, -0.2) is 18.6 Å². The van der Waals surface area contributed by atoms with Gasteiger partial charge < -0.3 is 15.1 Å². The number of nitrogens with two attached hydrogens (primary N) is 1. The van der Waals surface area contributed by atoms with Crippen LogP contribution in [0.3, 0.4) is 0 Å². The highest BCUT2D eigenvalue weighted by atomic mass is 16.4. The van der Waals surface area contributed by atoms with Crippen LogP contribution in [0.25, 0.3) is 0 Å². The topological polar surface area (TPSA) is 55.3 Å². The Balaban J connectivity index is 1.91. The first-order chi connectivity index (χ1) is 7.29. The minimum atomic E-state index is 0.445. The maximum absolute atomic E-state index is 5.49. The van der Waals surface area contributed by atoms with Crippen molar-refractivity contribution in [3.05, 3.63) is 12.0 Å². The predicted octanol–water partition coefficient (Wildman–Crippen LogP) is 1.76. The van der Waals surface area contributed by atoms with E-state index >= 15 is 0 Å². The molecule has 0 atom stereocenters. The van der Waals surface area contributed by atoms with Crippen molar-refractivity contribution in [2.45, 2.75) is 32.2 Å². The summed E-state index contributed by atoms with van der Waals surface area (Å²) in [6.45, 7) is 1.49. The molecular formula is C11H19N3O. The Kier molecular flexibility index (Phi) is 3.26. The van der Waals surface area contributed by atoms with Gasteiger partial charge in [0.15, 0.2) is 0 Å². The normalized spacial score (nSPS) is 17.2. The summed E-state index contributed by atoms with van der Waals surface area (Å²) in [7, 11) is 2.03. The van der Waals surface area contributed by atoms with E-state index in [2.05, 4.69) is 9.88 Å². The first-order valence-corrected chi connectivity index (χ1v) is 5.65. The zero-order valence-electron chi connectivity index (χ0n) is 9.28. The molecule has 2 rings (SSSR count). The second-order valence-electron chi connectivity index (χ2n) is 4.36. The van der Waals surface area contributed by atoms with Crippen LogP contribution in [0.5, 0.6) is 0 Å². The summed E-state index contributed by atoms with van der Waals surface area (Å²) in [5.41, 5.74) is 6.31. The Labute approximate surface area is 90.5 Å². The summed E-state index contributed by atoms with van der Waals surface area (Å²) in [4.78, 5) is 6.40. The van der Waals surface area contributed by atoms with Crippen molar-refractivity contribution < 1.29 is 4.42 Å². The maximum Gasteiger partial charge on any atom is 0.297 e. The number of hydrogen-bond acceptors (Lipinski definition) is 4. The third kappa shape index (κ3) is 2.50. The van der Waals surface area contributed by atoms with Gasteiger partial charge in [0.1, 0.15) is 6.26 Å². The van der Waals surface area contributed by atoms with Crippen LogP contribution in [0.1, 0.15) is 31.4 Å². The molecule has 0 aliphatic heterocycles. The van der Waals surface area contributed by atoms with Crippen LogP contribution in [-0.2, 0) is 6.54 Å². The highest BCUT2D eigenvalue weighted by molar-refractivity contribution is 5.25. The lowest BCUT2D eigenvalue weighted by molar-refractivity contribution is 0.496. The van der Waals surface area contributed by atoms with E-state index < -0.39 is 0 Å². The van der Waals surface area contributed by atoms with Gasteiger partial charge in [0.2, 0.25) is 0 Å². The molecule has 1 fully saturated rings. The molecule has 1 saturated carbocycles. The molecule has 1 heterocycles. The molecule has 0 bridgehead atoms. The fourth-order valence-electron chi connectivity index (χ4n) is 2.22. The number of rotatable bonds is 4. The number of nitrogens with zero attached hydrogens (tertiary/aromatic N) is 2. The van der Waals surface area contributed by atoms with E-state index in [0.717, 1.165) is 18.2 Å². The van der Waals surface area contributed by atoms with Crippen molar-refractivity contribution in [2.24, 2.45) is 11.7 Å². The molecule has 0 saturated heterocycles. The van der Waals surface area contributed by atoms with Crippen molar-refractivity contribution >= 4 is 6.01 Å². The van der Waals surface area contributed by atoms with E-state index in [0.29, 0.717) is 12.6 Å². The minimum Gasteiger partial charge on any atom is -0.432 e. The average molecular weight is 209 g/mol. The van der Waals surface area contributed by atoms with Crippen molar-refractivity contribution in [3.63, 3.8) is 0 Å². The predicted molar refractivity (Wildman–Crippen MR) is 59.6 cm³/mol. The molecule has 1 aromatic heterocycles. The fourth-order valence-corrected chi connectivity index (χ4v) is 2.22. The van der Waals surface area contributed by atoms with E-state index in [9.17, 15) is 0 Å². The van der Waals surface area contributed by atoms with Gasteiger partial charge in [-0.25, -0.2) is 0 Å². The Morgan fingerprint density at radius 3 is 2.87 bits per heavy atom. The van der Waals surface area contributed by atoms with Gasteiger partial charge in [-0.15, -0.1) is 0 Å². The van der Waals surface area contributed by atoms with E-state index in [1.807, 2.05) is 7.05 Å². The monoisotopic (exact) mass is 209 g/mol. The molecule has 1 aliphatic rings. The van der Waals surface area contributed by atoms with E-state index in [-0.39, 0.29) is 0 Å². The van der Waals surface area contributed by atoms with Crippen LogP contribution in [0.15, 0.2) is 10.7 Å². The molecule has 0 unspecified atom stereocenters. The van der Waals surface area contributed by atoms with Crippen molar-refractivity contribution in [1.82, 2.24) is 4.98 Å². The summed E-state index contributed by atoms with van der Waals surface area (Å²) >= 11 is 0. The molecule has 0 radical (unpaired) electrons. The van der Waals surface area contributed by atoms with Crippen molar-refractivity contribution in [1.29, 1.82) is 0 Å². The summed E-state index contributed by atoms with van der Waals surface area (Å²) in [6, 6.07) is 0.697. The molecule has 1 aromatic rings. The van der Waals surface area contributed by atoms with Gasteiger partial charge in [0.05, 0.1) is 5.69 Å². The summed E-state index contributed by atoms with van der Waals surface area (Å²) < 4.78 is 5.36. The molecule has 15 heavy (non-hydrogen) atoms. The SMILES string of the molecule is CN(CC1CCCC1)c1nc(CN)co1. The van der Waals surface area contributed by atoms with Crippen LogP contribution < -0.4 is 10.6 Å². The zero-order valence-corrected chi connectivity index (χ0v) is 9.28. The number of oxazole rings is 1. The smallest absolute Gasteiger partial charge is 0.297 e. The van der Waals surface area contributed by atoms with Gasteiger partial charge in [0.25, 0.3) is 6.01 Å². The summed E-state index contributed by atoms with van der Waals surface area (Å²) in [5, 5.41) is 0. The standard InChI is InChI=1S/C11H19N3O/c1-14(7-9-4-2-3-5-9)11-13-10(6-12)8-15-11/h8-9H,2-7,12H2,1H3. The molecule has 0 spiro atoms. The number of hydrogen-bond donors (Lipinski definition) is 1. The Morgan fingerprint density at radius 2 is 2.27 bits per heavy atom. The quantitative estimate of drug-likeness (QED) is 0.821. The molecule has 0 aromatic carbocycles. The second kappa shape index (κ2) is 4.66. The lowest BCUT2D eigenvalue weighted by atomic mass is 10.1. The van der Waals surface area contributed by atoms with Crippen molar-refractivity contribution in [3.8, 4) is 0 Å². The van der Waals surface area contributed by atoms with E-state index in [4.69, 9.17) is 10.2 Å². The molecule has 1 aliphatic carbocycles. The van der Waals surface area contributed by atoms with Gasteiger partial charge in [-0.2, -0.15) is 4.98 Å². The fraction of sp³-hybridized carbons (Fsp3) is 0.727. The van der Waals surface area contributed by atoms with Crippen molar-refractivity contribution in [2.75, 3.05) is 18.5 Å². The molecule has 0 amide bonds. The van der Waals surface area contributed by atoms with E-state index in [1.54, 1.807) is 6.26 Å². The van der Waals surface area contributed by atoms with Crippen LogP contribution in [0.2, 0.25) is 0 Å². The first kappa shape index (κ1) is 10.5. The molecule has 4 heteroatoms. The second-order valence-corrected chi connectivity index (χ2v) is 4.36. The molecule has 84 valence electrons. The van der Waals surface area contributed by atoms with Gasteiger partial charge in [-0.3, -0.25) is 0 Å². The largest absolute Gasteiger partial charge is 0.432 e. The lowest BCUT2D eigenvalue weighted by Crippen LogP contribution is -2.24. The lowest BCUT2D eigenvalue weighted by Gasteiger charge is -2.18. The Hall–Kier alpha value is -1.03. The van der Waals surface area contributed by atoms with Gasteiger partial charge >= 0.3 is 0 Å². The minimum absolute atomic E-state index is 0.445. The molecule has 2 N–H and O–H groups in total. The Morgan fingerprint density at radius 1 is 1.53 bits per heavy atom. The Bertz CT molecular complexity index is 305. The molecular weight excluding hydrogens is 190 g/mol. The number of anilines is 1. The van der Waals surface area contributed by atoms with Crippen LogP contribution in [0, 0.1) is 5.92 Å². The maximum atomic E-state index is 5.49. The summed E-state index contributed by atoms with van der Waals surface area (Å²) in [5.74, 6) is 0.809. The third-order valence-electron chi connectivity index (χ3n) is 3.08. The third-order valence-corrected chi connectivity index (χ3v) is 3.08. The summed E-state index contributed by atoms with van der Waals surface area (Å²) in [6.07, 6.45) is 7.07.